The highest BCUT2D eigenvalue weighted by atomic mass is 16.6. The Morgan fingerprint density at radius 1 is 0.741 bits per heavy atom. The van der Waals surface area contributed by atoms with Crippen LogP contribution in [0, 0.1) is 0 Å². The van der Waals surface area contributed by atoms with Crippen molar-refractivity contribution >= 4 is 0 Å². The van der Waals surface area contributed by atoms with Crippen molar-refractivity contribution in [2.24, 2.45) is 0 Å². The van der Waals surface area contributed by atoms with E-state index >= 15 is 0 Å². The molecule has 6 nitrogen and oxygen atoms in total. The standard InChI is InChI=1S/C21H31NO5/c1-3-6-20-18-8-5-9-19(22-18)21(7-4-2)27-17-15-25-13-11-23-10-12-24-14-16-26-20/h3-5,8-9,20-21H,1-2,6-7,10-17H2/t20-,21-/m1/s1. The van der Waals surface area contributed by atoms with Gasteiger partial charge >= 0.3 is 0 Å². The molecule has 0 saturated carbocycles. The highest BCUT2D eigenvalue weighted by Crippen LogP contribution is 2.25. The zero-order valence-corrected chi connectivity index (χ0v) is 16.0. The van der Waals surface area contributed by atoms with E-state index in [1.54, 1.807) is 0 Å². The quantitative estimate of drug-likeness (QED) is 0.750. The Labute approximate surface area is 162 Å². The van der Waals surface area contributed by atoms with Crippen LogP contribution in [-0.2, 0) is 23.7 Å². The van der Waals surface area contributed by atoms with Gasteiger partial charge in [-0.15, -0.1) is 13.2 Å². The summed E-state index contributed by atoms with van der Waals surface area (Å²) in [6, 6.07) is 5.93. The van der Waals surface area contributed by atoms with Crippen LogP contribution in [0.4, 0.5) is 0 Å². The van der Waals surface area contributed by atoms with Gasteiger partial charge in [0, 0.05) is 0 Å². The summed E-state index contributed by atoms with van der Waals surface area (Å²) in [5, 5.41) is 0. The van der Waals surface area contributed by atoms with E-state index < -0.39 is 0 Å². The van der Waals surface area contributed by atoms with Crippen molar-refractivity contribution in [3.05, 3.63) is 54.9 Å². The molecule has 0 spiro atoms. The van der Waals surface area contributed by atoms with Crippen LogP contribution in [0.3, 0.4) is 0 Å². The minimum absolute atomic E-state index is 0.158. The summed E-state index contributed by atoms with van der Waals surface area (Å²) in [5.41, 5.74) is 1.73. The molecule has 0 fully saturated rings. The largest absolute Gasteiger partial charge is 0.377 e. The van der Waals surface area contributed by atoms with Crippen LogP contribution in [0.25, 0.3) is 0 Å². The molecule has 150 valence electrons. The predicted octanol–water partition coefficient (Wildman–Crippen LogP) is 3.41. The molecule has 1 aromatic heterocycles. The summed E-state index contributed by atoms with van der Waals surface area (Å²) < 4.78 is 28.5. The number of pyridine rings is 1. The third-order valence-corrected chi connectivity index (χ3v) is 4.05. The van der Waals surface area contributed by atoms with E-state index in [-0.39, 0.29) is 12.2 Å². The van der Waals surface area contributed by atoms with Crippen LogP contribution in [0.15, 0.2) is 43.5 Å². The van der Waals surface area contributed by atoms with Gasteiger partial charge in [0.25, 0.3) is 0 Å². The molecule has 2 bridgehead atoms. The van der Waals surface area contributed by atoms with Crippen molar-refractivity contribution in [3.63, 3.8) is 0 Å². The van der Waals surface area contributed by atoms with Crippen LogP contribution in [0.5, 0.6) is 0 Å². The first-order chi connectivity index (χ1) is 13.3. The Hall–Kier alpha value is -1.57. The van der Waals surface area contributed by atoms with Gasteiger partial charge in [0.1, 0.15) is 12.2 Å². The van der Waals surface area contributed by atoms with Gasteiger partial charge in [0.15, 0.2) is 0 Å². The summed E-state index contributed by atoms with van der Waals surface area (Å²) in [4.78, 5) is 4.79. The molecule has 2 atom stereocenters. The molecule has 0 aromatic carbocycles. The number of hydrogen-bond donors (Lipinski definition) is 0. The fraction of sp³-hybridized carbons (Fsp3) is 0.571. The predicted molar refractivity (Wildman–Crippen MR) is 104 cm³/mol. The molecule has 0 radical (unpaired) electrons. The SMILES string of the molecule is C=CC[C@H]1OCCOCCOCCOCCO[C@H](CC=C)c2cccc1n2. The number of nitrogens with zero attached hydrogens (tertiary/aromatic N) is 1. The molecule has 1 aromatic rings. The topological polar surface area (TPSA) is 59.0 Å². The molecule has 0 unspecified atom stereocenters. The third-order valence-electron chi connectivity index (χ3n) is 4.05. The minimum atomic E-state index is -0.158. The minimum Gasteiger partial charge on any atom is -0.377 e. The van der Waals surface area contributed by atoms with Crippen LogP contribution >= 0.6 is 0 Å². The maximum absolute atomic E-state index is 5.98. The van der Waals surface area contributed by atoms with Gasteiger partial charge in [-0.2, -0.15) is 0 Å². The van der Waals surface area contributed by atoms with E-state index in [1.165, 1.54) is 0 Å². The van der Waals surface area contributed by atoms with Gasteiger partial charge in [0.2, 0.25) is 0 Å². The van der Waals surface area contributed by atoms with Gasteiger partial charge in [-0.25, -0.2) is 0 Å². The second kappa shape index (κ2) is 13.6. The monoisotopic (exact) mass is 377 g/mol. The zero-order chi connectivity index (χ0) is 19.2. The molecule has 0 aliphatic carbocycles. The van der Waals surface area contributed by atoms with E-state index in [9.17, 15) is 0 Å². The van der Waals surface area contributed by atoms with Crippen molar-refractivity contribution in [1.29, 1.82) is 0 Å². The Kier molecular flexibility index (Phi) is 10.9. The molecular weight excluding hydrogens is 346 g/mol. The van der Waals surface area contributed by atoms with E-state index in [0.717, 1.165) is 11.4 Å². The summed E-state index contributed by atoms with van der Waals surface area (Å²) in [6.45, 7) is 11.8. The van der Waals surface area contributed by atoms with Gasteiger partial charge in [-0.05, 0) is 25.0 Å². The number of aromatic nitrogens is 1. The third kappa shape index (κ3) is 8.32. The van der Waals surface area contributed by atoms with Crippen molar-refractivity contribution in [1.82, 2.24) is 4.98 Å². The first-order valence-electron chi connectivity index (χ1n) is 9.50. The Balaban J connectivity index is 2.10. The first kappa shape index (κ1) is 21.7. The summed E-state index contributed by atoms with van der Waals surface area (Å²) in [7, 11) is 0. The maximum atomic E-state index is 5.98. The highest BCUT2D eigenvalue weighted by molar-refractivity contribution is 5.16. The number of fused-ring (bicyclic) bond motifs is 2. The van der Waals surface area contributed by atoms with Crippen LogP contribution in [0.1, 0.15) is 36.4 Å². The highest BCUT2D eigenvalue weighted by Gasteiger charge is 2.17. The average Bonchev–Trinajstić information content (AvgIpc) is 2.69. The van der Waals surface area contributed by atoms with E-state index in [4.69, 9.17) is 28.7 Å². The lowest BCUT2D eigenvalue weighted by atomic mass is 10.1. The molecule has 0 N–H and O–H groups in total. The number of hydrogen-bond acceptors (Lipinski definition) is 6. The van der Waals surface area contributed by atoms with Gasteiger partial charge < -0.3 is 23.7 Å². The Morgan fingerprint density at radius 3 is 1.56 bits per heavy atom. The van der Waals surface area contributed by atoms with Gasteiger partial charge in [-0.1, -0.05) is 18.2 Å². The molecule has 27 heavy (non-hydrogen) atoms. The molecule has 0 amide bonds. The molecule has 1 aliphatic heterocycles. The fourth-order valence-corrected chi connectivity index (χ4v) is 2.72. The summed E-state index contributed by atoms with van der Waals surface area (Å²) in [6.07, 6.45) is 4.73. The van der Waals surface area contributed by atoms with Crippen molar-refractivity contribution in [2.45, 2.75) is 25.0 Å². The molecule has 6 heteroatoms. The Morgan fingerprint density at radius 2 is 1.15 bits per heavy atom. The lowest BCUT2D eigenvalue weighted by molar-refractivity contribution is -0.0321. The fourth-order valence-electron chi connectivity index (χ4n) is 2.72. The summed E-state index contributed by atoms with van der Waals surface area (Å²) >= 11 is 0. The molecule has 1 aliphatic rings. The lowest BCUT2D eigenvalue weighted by Gasteiger charge is -2.20. The normalized spacial score (nSPS) is 23.7. The number of ether oxygens (including phenoxy) is 5. The van der Waals surface area contributed by atoms with E-state index in [1.807, 2.05) is 30.4 Å². The van der Waals surface area contributed by atoms with E-state index in [0.29, 0.717) is 65.7 Å². The Bertz CT molecular complexity index is 508. The van der Waals surface area contributed by atoms with Gasteiger partial charge in [-0.3, -0.25) is 4.98 Å². The molecule has 2 rings (SSSR count). The maximum Gasteiger partial charge on any atom is 0.103 e. The van der Waals surface area contributed by atoms with Gasteiger partial charge in [0.05, 0.1) is 64.2 Å². The average molecular weight is 377 g/mol. The van der Waals surface area contributed by atoms with Crippen molar-refractivity contribution in [2.75, 3.05) is 52.9 Å². The second-order valence-corrected chi connectivity index (χ2v) is 6.09. The van der Waals surface area contributed by atoms with Crippen LogP contribution in [0.2, 0.25) is 0 Å². The van der Waals surface area contributed by atoms with Crippen molar-refractivity contribution < 1.29 is 23.7 Å². The molecule has 0 saturated heterocycles. The lowest BCUT2D eigenvalue weighted by Crippen LogP contribution is -2.17. The zero-order valence-electron chi connectivity index (χ0n) is 16.0. The van der Waals surface area contributed by atoms with E-state index in [2.05, 4.69) is 13.2 Å². The smallest absolute Gasteiger partial charge is 0.103 e. The molecular formula is C21H31NO5. The van der Waals surface area contributed by atoms with Crippen LogP contribution in [-0.4, -0.2) is 57.8 Å². The summed E-state index contributed by atoms with van der Waals surface area (Å²) in [5.74, 6) is 0. The number of rotatable bonds is 4. The first-order valence-corrected chi connectivity index (χ1v) is 9.50. The molecule has 2 heterocycles. The van der Waals surface area contributed by atoms with Crippen LogP contribution < -0.4 is 0 Å². The van der Waals surface area contributed by atoms with Crippen molar-refractivity contribution in [3.8, 4) is 0 Å². The second-order valence-electron chi connectivity index (χ2n) is 6.09.